The average molecular weight is 500 g/mol. The van der Waals surface area contributed by atoms with Crippen LogP contribution in [0.4, 0.5) is 0 Å². The first-order chi connectivity index (χ1) is 16.3. The van der Waals surface area contributed by atoms with Gasteiger partial charge in [0.2, 0.25) is 10.0 Å². The summed E-state index contributed by atoms with van der Waals surface area (Å²) in [7, 11) is -3.87. The smallest absolute Gasteiger partial charge is 0.338 e. The van der Waals surface area contributed by atoms with Gasteiger partial charge >= 0.3 is 11.6 Å². The van der Waals surface area contributed by atoms with E-state index in [9.17, 15) is 18.0 Å². The fourth-order valence-corrected chi connectivity index (χ4v) is 5.85. The van der Waals surface area contributed by atoms with Gasteiger partial charge in [-0.15, -0.1) is 0 Å². The van der Waals surface area contributed by atoms with E-state index in [1.807, 2.05) is 30.3 Å². The van der Waals surface area contributed by atoms with Crippen LogP contribution in [0.15, 0.2) is 74.8 Å². The van der Waals surface area contributed by atoms with Crippen molar-refractivity contribution in [2.75, 3.05) is 13.1 Å². The molecule has 0 aliphatic heterocycles. The number of carbonyl (C=O) groups is 1. The van der Waals surface area contributed by atoms with Crippen molar-refractivity contribution in [3.05, 3.63) is 87.2 Å². The molecule has 4 aromatic rings. The highest BCUT2D eigenvalue weighted by atomic mass is 35.5. The van der Waals surface area contributed by atoms with Gasteiger partial charge in [-0.3, -0.25) is 0 Å². The molecular weight excluding hydrogens is 478 g/mol. The van der Waals surface area contributed by atoms with Crippen LogP contribution in [0.1, 0.15) is 29.8 Å². The van der Waals surface area contributed by atoms with Crippen LogP contribution in [0.25, 0.3) is 21.7 Å². The molecule has 0 amide bonds. The highest BCUT2D eigenvalue weighted by molar-refractivity contribution is 7.89. The monoisotopic (exact) mass is 499 g/mol. The van der Waals surface area contributed by atoms with E-state index in [1.165, 1.54) is 28.6 Å². The van der Waals surface area contributed by atoms with Crippen molar-refractivity contribution >= 4 is 49.3 Å². The lowest BCUT2D eigenvalue weighted by Gasteiger charge is -2.19. The maximum absolute atomic E-state index is 12.9. The highest BCUT2D eigenvalue weighted by Crippen LogP contribution is 2.29. The maximum atomic E-state index is 12.9. The van der Waals surface area contributed by atoms with Crippen molar-refractivity contribution in [3.8, 4) is 0 Å². The van der Waals surface area contributed by atoms with E-state index in [1.54, 1.807) is 19.9 Å². The number of halogens is 1. The summed E-state index contributed by atoms with van der Waals surface area (Å²) < 4.78 is 37.9. The van der Waals surface area contributed by atoms with Crippen molar-refractivity contribution in [3.63, 3.8) is 0 Å². The molecule has 1 heterocycles. The molecule has 3 aromatic carbocycles. The number of sulfonamides is 1. The molecule has 4 rings (SSSR count). The zero-order valence-corrected chi connectivity index (χ0v) is 20.2. The van der Waals surface area contributed by atoms with Crippen LogP contribution in [0.3, 0.4) is 0 Å². The number of hydrogen-bond donors (Lipinski definition) is 0. The highest BCUT2D eigenvalue weighted by Gasteiger charge is 2.26. The minimum atomic E-state index is -3.87. The Kier molecular flexibility index (Phi) is 6.74. The molecule has 7 nitrogen and oxygen atoms in total. The number of carbonyl (C=O) groups excluding carboxylic acids is 1. The van der Waals surface area contributed by atoms with Gasteiger partial charge in [-0.1, -0.05) is 55.8 Å². The average Bonchev–Trinajstić information content (AvgIpc) is 2.82. The van der Waals surface area contributed by atoms with Crippen molar-refractivity contribution in [2.45, 2.75) is 25.3 Å². The molecule has 0 unspecified atom stereocenters. The third-order valence-corrected chi connectivity index (χ3v) is 8.09. The zero-order chi connectivity index (χ0) is 24.5. The summed E-state index contributed by atoms with van der Waals surface area (Å²) in [5.41, 5.74) is 0.345. The molecule has 0 bridgehead atoms. The van der Waals surface area contributed by atoms with Gasteiger partial charge in [0, 0.05) is 30.1 Å². The lowest BCUT2D eigenvalue weighted by molar-refractivity contribution is 0.0473. The molecule has 0 aliphatic rings. The first-order valence-corrected chi connectivity index (χ1v) is 12.5. The topological polar surface area (TPSA) is 93.9 Å². The van der Waals surface area contributed by atoms with Gasteiger partial charge in [-0.25, -0.2) is 18.0 Å². The van der Waals surface area contributed by atoms with Crippen molar-refractivity contribution in [1.82, 2.24) is 4.31 Å². The van der Waals surface area contributed by atoms with Gasteiger partial charge in [0.05, 0.1) is 10.6 Å². The van der Waals surface area contributed by atoms with Gasteiger partial charge in [-0.2, -0.15) is 4.31 Å². The van der Waals surface area contributed by atoms with Gasteiger partial charge in [-0.05, 0) is 35.0 Å². The molecule has 0 saturated heterocycles. The predicted octanol–water partition coefficient (Wildman–Crippen LogP) is 4.99. The normalized spacial score (nSPS) is 11.9. The van der Waals surface area contributed by atoms with Crippen LogP contribution in [-0.2, 0) is 21.4 Å². The van der Waals surface area contributed by atoms with E-state index in [0.29, 0.717) is 16.5 Å². The fraction of sp³-hybridized carbons (Fsp3) is 0.200. The minimum absolute atomic E-state index is 0.0154. The van der Waals surface area contributed by atoms with Crippen molar-refractivity contribution in [1.29, 1.82) is 0 Å². The van der Waals surface area contributed by atoms with Crippen LogP contribution >= 0.6 is 11.6 Å². The van der Waals surface area contributed by atoms with Crippen LogP contribution in [-0.4, -0.2) is 31.8 Å². The Labute approximate surface area is 201 Å². The Morgan fingerprint density at radius 3 is 2.50 bits per heavy atom. The minimum Gasteiger partial charge on any atom is -0.457 e. The molecule has 1 aromatic heterocycles. The van der Waals surface area contributed by atoms with Gasteiger partial charge in [0.15, 0.2) is 0 Å². The Morgan fingerprint density at radius 2 is 1.76 bits per heavy atom. The molecule has 0 N–H and O–H groups in total. The Bertz CT molecular complexity index is 1560. The number of rotatable bonds is 7. The third kappa shape index (κ3) is 4.44. The summed E-state index contributed by atoms with van der Waals surface area (Å²) in [6, 6.07) is 16.4. The summed E-state index contributed by atoms with van der Waals surface area (Å²) in [4.78, 5) is 24.7. The summed E-state index contributed by atoms with van der Waals surface area (Å²) in [5.74, 6) is -0.741. The summed E-state index contributed by atoms with van der Waals surface area (Å²) in [6.45, 7) is 3.77. The Morgan fingerprint density at radius 1 is 1.03 bits per heavy atom. The maximum Gasteiger partial charge on any atom is 0.338 e. The molecule has 0 atom stereocenters. The van der Waals surface area contributed by atoms with Crippen LogP contribution < -0.4 is 5.63 Å². The van der Waals surface area contributed by atoms with Gasteiger partial charge in [0.25, 0.3) is 0 Å². The van der Waals surface area contributed by atoms with Crippen LogP contribution in [0.5, 0.6) is 0 Å². The number of nitrogens with zero attached hydrogens (tertiary/aromatic N) is 1. The molecule has 0 aliphatic carbocycles. The van der Waals surface area contributed by atoms with E-state index < -0.39 is 21.6 Å². The summed E-state index contributed by atoms with van der Waals surface area (Å²) in [5, 5.41) is 2.49. The molecule has 0 spiro atoms. The molecule has 176 valence electrons. The second-order valence-electron chi connectivity index (χ2n) is 7.56. The van der Waals surface area contributed by atoms with E-state index >= 15 is 0 Å². The summed E-state index contributed by atoms with van der Waals surface area (Å²) in [6.07, 6.45) is 0. The standard InChI is InChI=1S/C25H22ClNO6S/c1-3-27(4-2)34(30,31)22-13-17(9-11-20(22)26)25(29)32-15-18-14-23(28)33-21-12-10-16-7-5-6-8-19(16)24(18)21/h5-14H,3-4,15H2,1-2H3. The lowest BCUT2D eigenvalue weighted by atomic mass is 10.0. The second-order valence-corrected chi connectivity index (χ2v) is 9.87. The van der Waals surface area contributed by atoms with Gasteiger partial charge < -0.3 is 9.15 Å². The van der Waals surface area contributed by atoms with Crippen LogP contribution in [0.2, 0.25) is 5.02 Å². The number of ether oxygens (including phenoxy) is 1. The van der Waals surface area contributed by atoms with E-state index in [2.05, 4.69) is 0 Å². The van der Waals surface area contributed by atoms with E-state index in [4.69, 9.17) is 20.8 Å². The van der Waals surface area contributed by atoms with E-state index in [-0.39, 0.29) is 35.2 Å². The SMILES string of the molecule is CCN(CC)S(=O)(=O)c1cc(C(=O)OCc2cc(=O)oc3ccc4ccccc4c23)ccc1Cl. The number of esters is 1. The molecule has 0 radical (unpaired) electrons. The third-order valence-electron chi connectivity index (χ3n) is 5.56. The van der Waals surface area contributed by atoms with Gasteiger partial charge in [0.1, 0.15) is 17.1 Å². The number of benzene rings is 3. The molecular formula is C25H22ClNO6S. The quantitative estimate of drug-likeness (QED) is 0.202. The Balaban J connectivity index is 1.68. The van der Waals surface area contributed by atoms with E-state index in [0.717, 1.165) is 10.8 Å². The first-order valence-electron chi connectivity index (χ1n) is 10.7. The van der Waals surface area contributed by atoms with Crippen molar-refractivity contribution < 1.29 is 22.4 Å². The number of fused-ring (bicyclic) bond motifs is 3. The van der Waals surface area contributed by atoms with Crippen molar-refractivity contribution in [2.24, 2.45) is 0 Å². The zero-order valence-electron chi connectivity index (χ0n) is 18.6. The molecule has 9 heteroatoms. The number of hydrogen-bond acceptors (Lipinski definition) is 6. The van der Waals surface area contributed by atoms with Crippen LogP contribution in [0, 0.1) is 0 Å². The predicted molar refractivity (Wildman–Crippen MR) is 131 cm³/mol. The summed E-state index contributed by atoms with van der Waals surface area (Å²) >= 11 is 6.15. The lowest BCUT2D eigenvalue weighted by Crippen LogP contribution is -2.31. The molecule has 34 heavy (non-hydrogen) atoms. The Hall–Kier alpha value is -3.20. The second kappa shape index (κ2) is 9.58. The largest absolute Gasteiger partial charge is 0.457 e. The molecule has 0 fully saturated rings. The first kappa shape index (κ1) is 23.9. The molecule has 0 saturated carbocycles. The fourth-order valence-electron chi connectivity index (χ4n) is 3.89.